The van der Waals surface area contributed by atoms with E-state index in [9.17, 15) is 18.0 Å². The van der Waals surface area contributed by atoms with Crippen LogP contribution in [-0.2, 0) is 19.4 Å². The molecule has 0 aromatic heterocycles. The van der Waals surface area contributed by atoms with Gasteiger partial charge in [0.05, 0.1) is 29.2 Å². The Balaban J connectivity index is 1.65. The van der Waals surface area contributed by atoms with E-state index in [1.807, 2.05) is 0 Å². The quantitative estimate of drug-likeness (QED) is 0.764. The number of benzene rings is 2. The van der Waals surface area contributed by atoms with Gasteiger partial charge in [0.15, 0.2) is 9.84 Å². The number of rotatable bonds is 6. The number of amides is 2. The lowest BCUT2D eigenvalue weighted by atomic mass is 10.3. The molecule has 0 radical (unpaired) electrons. The first-order chi connectivity index (χ1) is 12.9. The molecule has 27 heavy (non-hydrogen) atoms. The molecule has 2 aromatic rings. The SMILES string of the molecule is COc1cccc(NC(=O)CCS(=O)(=O)c2ccc3c(c2)NC(=O)CS3)c1. The summed E-state index contributed by atoms with van der Waals surface area (Å²) in [6, 6.07) is 11.4. The first-order valence-electron chi connectivity index (χ1n) is 8.11. The molecule has 3 rings (SSSR count). The lowest BCUT2D eigenvalue weighted by molar-refractivity contribution is -0.116. The molecule has 0 aliphatic carbocycles. The van der Waals surface area contributed by atoms with Crippen molar-refractivity contribution < 1.29 is 22.7 Å². The summed E-state index contributed by atoms with van der Waals surface area (Å²) >= 11 is 1.36. The smallest absolute Gasteiger partial charge is 0.234 e. The maximum atomic E-state index is 12.5. The van der Waals surface area contributed by atoms with Crippen LogP contribution in [0.4, 0.5) is 11.4 Å². The Morgan fingerprint density at radius 1 is 1.26 bits per heavy atom. The van der Waals surface area contributed by atoms with Crippen molar-refractivity contribution in [3.8, 4) is 5.75 Å². The van der Waals surface area contributed by atoms with Gasteiger partial charge < -0.3 is 15.4 Å². The van der Waals surface area contributed by atoms with Gasteiger partial charge in [-0.05, 0) is 30.3 Å². The van der Waals surface area contributed by atoms with Crippen LogP contribution < -0.4 is 15.4 Å². The number of hydrogen-bond donors (Lipinski definition) is 2. The maximum absolute atomic E-state index is 12.5. The Hall–Kier alpha value is -2.52. The number of ether oxygens (including phenoxy) is 1. The average molecular weight is 406 g/mol. The number of sulfone groups is 1. The summed E-state index contributed by atoms with van der Waals surface area (Å²) < 4.78 is 30.2. The zero-order chi connectivity index (χ0) is 19.4. The zero-order valence-electron chi connectivity index (χ0n) is 14.5. The average Bonchev–Trinajstić information content (AvgIpc) is 2.66. The summed E-state index contributed by atoms with van der Waals surface area (Å²) in [5, 5.41) is 5.32. The second kappa shape index (κ2) is 8.01. The number of anilines is 2. The minimum Gasteiger partial charge on any atom is -0.497 e. The lowest BCUT2D eigenvalue weighted by Crippen LogP contribution is -2.20. The van der Waals surface area contributed by atoms with Crippen molar-refractivity contribution in [2.45, 2.75) is 16.2 Å². The molecule has 0 saturated carbocycles. The zero-order valence-corrected chi connectivity index (χ0v) is 16.2. The van der Waals surface area contributed by atoms with Gasteiger partial charge in [-0.15, -0.1) is 11.8 Å². The summed E-state index contributed by atoms with van der Waals surface area (Å²) in [5.41, 5.74) is 1.02. The second-order valence-corrected chi connectivity index (χ2v) is 8.97. The van der Waals surface area contributed by atoms with Crippen LogP contribution in [0.15, 0.2) is 52.3 Å². The van der Waals surface area contributed by atoms with E-state index in [1.165, 1.54) is 31.0 Å². The van der Waals surface area contributed by atoms with Gasteiger partial charge in [0.25, 0.3) is 0 Å². The molecule has 0 saturated heterocycles. The summed E-state index contributed by atoms with van der Waals surface area (Å²) in [5.74, 6) is -0.00517. The monoisotopic (exact) mass is 406 g/mol. The van der Waals surface area contributed by atoms with Gasteiger partial charge in [-0.25, -0.2) is 8.42 Å². The number of fused-ring (bicyclic) bond motifs is 1. The number of hydrogen-bond acceptors (Lipinski definition) is 6. The fourth-order valence-corrected chi connectivity index (χ4v) is 4.58. The van der Waals surface area contributed by atoms with Gasteiger partial charge in [0, 0.05) is 23.1 Å². The van der Waals surface area contributed by atoms with E-state index < -0.39 is 15.7 Å². The molecule has 2 amide bonds. The van der Waals surface area contributed by atoms with Crippen molar-refractivity contribution >= 4 is 44.8 Å². The summed E-state index contributed by atoms with van der Waals surface area (Å²) in [6.45, 7) is 0. The molecule has 0 unspecified atom stereocenters. The molecular weight excluding hydrogens is 388 g/mol. The minimum atomic E-state index is -3.66. The van der Waals surface area contributed by atoms with Crippen molar-refractivity contribution in [3.63, 3.8) is 0 Å². The Morgan fingerprint density at radius 3 is 2.85 bits per heavy atom. The normalized spacial score (nSPS) is 13.4. The van der Waals surface area contributed by atoms with Crippen LogP contribution in [0.3, 0.4) is 0 Å². The largest absolute Gasteiger partial charge is 0.497 e. The molecule has 0 atom stereocenters. The van der Waals surface area contributed by atoms with Gasteiger partial charge in [0.2, 0.25) is 11.8 Å². The molecule has 2 aromatic carbocycles. The third kappa shape index (κ3) is 4.81. The van der Waals surface area contributed by atoms with Crippen LogP contribution in [0.1, 0.15) is 6.42 Å². The minimum absolute atomic E-state index is 0.0817. The topological polar surface area (TPSA) is 102 Å². The number of carbonyl (C=O) groups is 2. The van der Waals surface area contributed by atoms with Crippen LogP contribution in [-0.4, -0.2) is 38.8 Å². The highest BCUT2D eigenvalue weighted by atomic mass is 32.2. The summed E-state index contributed by atoms with van der Waals surface area (Å²) in [7, 11) is -2.14. The fourth-order valence-electron chi connectivity index (χ4n) is 2.52. The summed E-state index contributed by atoms with van der Waals surface area (Å²) in [4.78, 5) is 24.5. The molecule has 0 fully saturated rings. The van der Waals surface area contributed by atoms with E-state index in [0.717, 1.165) is 4.90 Å². The Morgan fingerprint density at radius 2 is 2.07 bits per heavy atom. The first-order valence-corrected chi connectivity index (χ1v) is 10.7. The van der Waals surface area contributed by atoms with Gasteiger partial charge >= 0.3 is 0 Å². The van der Waals surface area contributed by atoms with E-state index in [0.29, 0.717) is 22.9 Å². The fraction of sp³-hybridized carbons (Fsp3) is 0.222. The molecule has 0 bridgehead atoms. The number of thioether (sulfide) groups is 1. The van der Waals surface area contributed by atoms with Gasteiger partial charge in [-0.3, -0.25) is 9.59 Å². The van der Waals surface area contributed by atoms with Gasteiger partial charge in [0.1, 0.15) is 5.75 Å². The highest BCUT2D eigenvalue weighted by Gasteiger charge is 2.21. The second-order valence-electron chi connectivity index (χ2n) is 5.84. The van der Waals surface area contributed by atoms with Gasteiger partial charge in [-0.1, -0.05) is 6.07 Å². The predicted molar refractivity (Wildman–Crippen MR) is 104 cm³/mol. The highest BCUT2D eigenvalue weighted by Crippen LogP contribution is 2.33. The molecule has 2 N–H and O–H groups in total. The predicted octanol–water partition coefficient (Wildman–Crippen LogP) is 2.54. The van der Waals surface area contributed by atoms with Gasteiger partial charge in [-0.2, -0.15) is 0 Å². The van der Waals surface area contributed by atoms with E-state index >= 15 is 0 Å². The van der Waals surface area contributed by atoms with E-state index in [-0.39, 0.29) is 23.0 Å². The molecule has 1 aliphatic heterocycles. The number of carbonyl (C=O) groups excluding carboxylic acids is 2. The molecule has 1 aliphatic rings. The Labute approximate surface area is 161 Å². The van der Waals surface area contributed by atoms with Crippen molar-refractivity contribution in [3.05, 3.63) is 42.5 Å². The lowest BCUT2D eigenvalue weighted by Gasteiger charge is -2.17. The molecule has 7 nitrogen and oxygen atoms in total. The standard InChI is InChI=1S/C18H18N2O5S2/c1-25-13-4-2-3-12(9-13)19-17(21)7-8-27(23,24)14-5-6-16-15(10-14)20-18(22)11-26-16/h2-6,9-10H,7-8,11H2,1H3,(H,19,21)(H,20,22). The van der Waals surface area contributed by atoms with Crippen molar-refractivity contribution in [1.82, 2.24) is 0 Å². The van der Waals surface area contributed by atoms with Crippen molar-refractivity contribution in [1.29, 1.82) is 0 Å². The highest BCUT2D eigenvalue weighted by molar-refractivity contribution is 8.00. The molecular formula is C18H18N2O5S2. The molecule has 0 spiro atoms. The summed E-state index contributed by atoms with van der Waals surface area (Å²) in [6.07, 6.45) is -0.183. The van der Waals surface area contributed by atoms with Crippen LogP contribution in [0.5, 0.6) is 5.75 Å². The van der Waals surface area contributed by atoms with Crippen molar-refractivity contribution in [2.24, 2.45) is 0 Å². The van der Waals surface area contributed by atoms with E-state index in [2.05, 4.69) is 10.6 Å². The van der Waals surface area contributed by atoms with Crippen molar-refractivity contribution in [2.75, 3.05) is 29.2 Å². The van der Waals surface area contributed by atoms with Crippen LogP contribution in [0.25, 0.3) is 0 Å². The molecule has 9 heteroatoms. The van der Waals surface area contributed by atoms with Crippen LogP contribution >= 0.6 is 11.8 Å². The van der Waals surface area contributed by atoms with Crippen LogP contribution in [0, 0.1) is 0 Å². The Kier molecular flexibility index (Phi) is 5.71. The first kappa shape index (κ1) is 19.2. The maximum Gasteiger partial charge on any atom is 0.234 e. The number of nitrogens with one attached hydrogen (secondary N) is 2. The third-order valence-electron chi connectivity index (χ3n) is 3.89. The third-order valence-corrected chi connectivity index (χ3v) is 6.68. The Bertz CT molecular complexity index is 989. The molecule has 1 heterocycles. The van der Waals surface area contributed by atoms with E-state index in [4.69, 9.17) is 4.74 Å². The number of methoxy groups -OCH3 is 1. The van der Waals surface area contributed by atoms with Crippen LogP contribution in [0.2, 0.25) is 0 Å². The molecule has 142 valence electrons. The van der Waals surface area contributed by atoms with E-state index in [1.54, 1.807) is 30.3 Å².